The molecule has 3 heteroatoms. The van der Waals surface area contributed by atoms with Crippen LogP contribution in [0, 0.1) is 6.92 Å². The lowest BCUT2D eigenvalue weighted by atomic mass is 10.1. The van der Waals surface area contributed by atoms with Gasteiger partial charge in [0.2, 0.25) is 0 Å². The maximum absolute atomic E-state index is 4.80. The number of thiazole rings is 1. The Bertz CT molecular complexity index is 795. The quantitative estimate of drug-likeness (QED) is 0.633. The Kier molecular flexibility index (Phi) is 4.54. The number of benzene rings is 2. The third-order valence-corrected chi connectivity index (χ3v) is 4.44. The first-order chi connectivity index (χ1) is 10.8. The van der Waals surface area contributed by atoms with Crippen LogP contribution < -0.4 is 4.80 Å². The van der Waals surface area contributed by atoms with Gasteiger partial charge in [0.15, 0.2) is 4.80 Å². The molecule has 2 nitrogen and oxygen atoms in total. The minimum absolute atomic E-state index is 0.985. The predicted molar refractivity (Wildman–Crippen MR) is 94.4 cm³/mol. The number of nitrogens with zero attached hydrogens (tertiary/aromatic N) is 2. The maximum atomic E-state index is 4.80. The maximum Gasteiger partial charge on any atom is 0.190 e. The van der Waals surface area contributed by atoms with Crippen LogP contribution in [0.3, 0.4) is 0 Å². The first kappa shape index (κ1) is 14.8. The molecule has 112 valence electrons. The van der Waals surface area contributed by atoms with Gasteiger partial charge in [0.05, 0.1) is 11.4 Å². The minimum Gasteiger partial charge on any atom is -0.316 e. The zero-order chi connectivity index (χ0) is 15.4. The number of hydrogen-bond donors (Lipinski definition) is 0. The van der Waals surface area contributed by atoms with Crippen LogP contribution in [0.4, 0.5) is 5.69 Å². The Balaban J connectivity index is 2.09. The molecule has 22 heavy (non-hydrogen) atoms. The van der Waals surface area contributed by atoms with E-state index >= 15 is 0 Å². The summed E-state index contributed by atoms with van der Waals surface area (Å²) in [6.07, 6.45) is 1.09. The molecule has 0 N–H and O–H groups in total. The SMILES string of the molecule is CCCn1c(-c2ccc(C)cc2)csc1=Nc1ccccc1. The monoisotopic (exact) mass is 308 g/mol. The van der Waals surface area contributed by atoms with Crippen molar-refractivity contribution in [2.24, 2.45) is 4.99 Å². The fourth-order valence-electron chi connectivity index (χ4n) is 2.43. The first-order valence-electron chi connectivity index (χ1n) is 7.63. The average molecular weight is 308 g/mol. The summed E-state index contributed by atoms with van der Waals surface area (Å²) < 4.78 is 2.32. The number of rotatable bonds is 4. The Morgan fingerprint density at radius 1 is 1.00 bits per heavy atom. The average Bonchev–Trinajstić information content (AvgIpc) is 2.92. The fraction of sp³-hybridized carbons (Fsp3) is 0.211. The van der Waals surface area contributed by atoms with Crippen molar-refractivity contribution in [1.29, 1.82) is 0 Å². The van der Waals surface area contributed by atoms with Crippen molar-refractivity contribution >= 4 is 17.0 Å². The van der Waals surface area contributed by atoms with Gasteiger partial charge in [-0.15, -0.1) is 11.3 Å². The number of hydrogen-bond acceptors (Lipinski definition) is 2. The molecular weight excluding hydrogens is 288 g/mol. The molecule has 3 aromatic rings. The van der Waals surface area contributed by atoms with Crippen LogP contribution in [0.5, 0.6) is 0 Å². The summed E-state index contributed by atoms with van der Waals surface area (Å²) in [5.41, 5.74) is 4.80. The van der Waals surface area contributed by atoms with E-state index in [9.17, 15) is 0 Å². The van der Waals surface area contributed by atoms with Crippen LogP contribution in [0.2, 0.25) is 0 Å². The molecule has 2 aromatic carbocycles. The van der Waals surface area contributed by atoms with Gasteiger partial charge in [-0.2, -0.15) is 0 Å². The van der Waals surface area contributed by atoms with Gasteiger partial charge in [-0.3, -0.25) is 0 Å². The molecule has 0 atom stereocenters. The molecule has 1 heterocycles. The lowest BCUT2D eigenvalue weighted by Crippen LogP contribution is -2.15. The van der Waals surface area contributed by atoms with Crippen molar-refractivity contribution < 1.29 is 0 Å². The molecule has 0 aliphatic heterocycles. The van der Waals surface area contributed by atoms with E-state index in [1.807, 2.05) is 30.3 Å². The summed E-state index contributed by atoms with van der Waals surface area (Å²) in [6, 6.07) is 18.9. The molecule has 0 amide bonds. The van der Waals surface area contributed by atoms with E-state index < -0.39 is 0 Å². The van der Waals surface area contributed by atoms with E-state index in [0.29, 0.717) is 0 Å². The summed E-state index contributed by atoms with van der Waals surface area (Å²) >= 11 is 1.71. The summed E-state index contributed by atoms with van der Waals surface area (Å²) in [5, 5.41) is 2.21. The lowest BCUT2D eigenvalue weighted by molar-refractivity contribution is 0.667. The second-order valence-corrected chi connectivity index (χ2v) is 6.21. The van der Waals surface area contributed by atoms with Crippen LogP contribution in [0.25, 0.3) is 11.3 Å². The molecule has 3 rings (SSSR count). The zero-order valence-electron chi connectivity index (χ0n) is 13.0. The standard InChI is InChI=1S/C19H20N2S/c1-3-13-21-18(16-11-9-15(2)10-12-16)14-22-19(21)20-17-7-5-4-6-8-17/h4-12,14H,3,13H2,1-2H3. The van der Waals surface area contributed by atoms with Gasteiger partial charge >= 0.3 is 0 Å². The molecule has 0 bridgehead atoms. The summed E-state index contributed by atoms with van der Waals surface area (Å²) in [4.78, 5) is 5.86. The van der Waals surface area contributed by atoms with Gasteiger partial charge in [0.25, 0.3) is 0 Å². The number of para-hydroxylation sites is 1. The van der Waals surface area contributed by atoms with Gasteiger partial charge < -0.3 is 4.57 Å². The van der Waals surface area contributed by atoms with Crippen LogP contribution >= 0.6 is 11.3 Å². The summed E-state index contributed by atoms with van der Waals surface area (Å²) in [6.45, 7) is 5.31. The first-order valence-corrected chi connectivity index (χ1v) is 8.51. The molecular formula is C19H20N2S. The number of aryl methyl sites for hydroxylation is 1. The van der Waals surface area contributed by atoms with E-state index in [1.165, 1.54) is 16.8 Å². The molecule has 0 saturated heterocycles. The van der Waals surface area contributed by atoms with Crippen molar-refractivity contribution in [3.8, 4) is 11.3 Å². The smallest absolute Gasteiger partial charge is 0.190 e. The lowest BCUT2D eigenvalue weighted by Gasteiger charge is -2.08. The Morgan fingerprint density at radius 3 is 2.41 bits per heavy atom. The van der Waals surface area contributed by atoms with E-state index in [2.05, 4.69) is 48.1 Å². The van der Waals surface area contributed by atoms with Gasteiger partial charge in [0, 0.05) is 11.9 Å². The normalized spacial score (nSPS) is 11.8. The molecule has 0 radical (unpaired) electrons. The Labute approximate surface area is 135 Å². The Hall–Kier alpha value is -2.13. The van der Waals surface area contributed by atoms with Crippen LogP contribution in [-0.4, -0.2) is 4.57 Å². The highest BCUT2D eigenvalue weighted by Gasteiger charge is 2.07. The van der Waals surface area contributed by atoms with Gasteiger partial charge in [0.1, 0.15) is 0 Å². The topological polar surface area (TPSA) is 17.3 Å². The molecule has 0 saturated carbocycles. The van der Waals surface area contributed by atoms with Crippen molar-refractivity contribution in [2.45, 2.75) is 26.8 Å². The molecule has 0 aliphatic carbocycles. The van der Waals surface area contributed by atoms with E-state index in [0.717, 1.165) is 23.5 Å². The Morgan fingerprint density at radius 2 is 1.73 bits per heavy atom. The number of aromatic nitrogens is 1. The second-order valence-electron chi connectivity index (χ2n) is 5.37. The molecule has 0 fully saturated rings. The summed E-state index contributed by atoms with van der Waals surface area (Å²) in [5.74, 6) is 0. The van der Waals surface area contributed by atoms with Crippen LogP contribution in [-0.2, 0) is 6.54 Å². The minimum atomic E-state index is 0.985. The largest absolute Gasteiger partial charge is 0.316 e. The van der Waals surface area contributed by atoms with Crippen LogP contribution in [0.1, 0.15) is 18.9 Å². The van der Waals surface area contributed by atoms with Crippen molar-refractivity contribution in [3.05, 3.63) is 70.3 Å². The van der Waals surface area contributed by atoms with Gasteiger partial charge in [-0.25, -0.2) is 4.99 Å². The van der Waals surface area contributed by atoms with Crippen molar-refractivity contribution in [3.63, 3.8) is 0 Å². The van der Waals surface area contributed by atoms with Gasteiger partial charge in [-0.05, 0) is 31.0 Å². The molecule has 0 aliphatic rings. The zero-order valence-corrected chi connectivity index (χ0v) is 13.8. The highest BCUT2D eigenvalue weighted by molar-refractivity contribution is 7.07. The highest BCUT2D eigenvalue weighted by atomic mass is 32.1. The molecule has 0 spiro atoms. The predicted octanol–water partition coefficient (Wildman–Crippen LogP) is 5.17. The third kappa shape index (κ3) is 3.20. The highest BCUT2D eigenvalue weighted by Crippen LogP contribution is 2.21. The van der Waals surface area contributed by atoms with E-state index in [1.54, 1.807) is 11.3 Å². The summed E-state index contributed by atoms with van der Waals surface area (Å²) in [7, 11) is 0. The molecule has 0 unspecified atom stereocenters. The van der Waals surface area contributed by atoms with Crippen LogP contribution in [0.15, 0.2) is 65.0 Å². The van der Waals surface area contributed by atoms with E-state index in [-0.39, 0.29) is 0 Å². The third-order valence-electron chi connectivity index (χ3n) is 3.57. The molecule has 1 aromatic heterocycles. The van der Waals surface area contributed by atoms with Gasteiger partial charge in [-0.1, -0.05) is 55.0 Å². The van der Waals surface area contributed by atoms with E-state index in [4.69, 9.17) is 4.99 Å². The fourth-order valence-corrected chi connectivity index (χ4v) is 3.38. The second kappa shape index (κ2) is 6.75. The van der Waals surface area contributed by atoms with Crippen molar-refractivity contribution in [2.75, 3.05) is 0 Å². The van der Waals surface area contributed by atoms with Crippen molar-refractivity contribution in [1.82, 2.24) is 4.57 Å².